The molecule has 3 aromatic heterocycles. The van der Waals surface area contributed by atoms with Crippen molar-refractivity contribution < 1.29 is 47.4 Å². The second-order valence-electron chi connectivity index (χ2n) is 34.7. The Balaban J connectivity index is 0.000000118. The molecule has 4 aromatic carbocycles. The lowest BCUT2D eigenvalue weighted by Gasteiger charge is -2.32. The lowest BCUT2D eigenvalue weighted by atomic mass is 9.76. The van der Waals surface area contributed by atoms with E-state index in [4.69, 9.17) is 21.1 Å². The first-order valence-corrected chi connectivity index (χ1v) is 48.4. The Bertz CT molecular complexity index is 5640. The molecule has 4 saturated carbocycles. The molecule has 20 nitrogen and oxygen atoms in total. The number of aryl methyl sites for hydroxylation is 3. The third-order valence-corrected chi connectivity index (χ3v) is 31.5. The maximum absolute atomic E-state index is 12.6. The topological polar surface area (TPSA) is 234 Å². The van der Waals surface area contributed by atoms with E-state index in [1.165, 1.54) is 108 Å². The van der Waals surface area contributed by atoms with E-state index in [2.05, 4.69) is 46.6 Å². The fourth-order valence-corrected chi connectivity index (χ4v) is 21.1. The third kappa shape index (κ3) is 17.7. The molecule has 5 saturated heterocycles. The maximum Gasteiger partial charge on any atom is 0.496 e. The zero-order valence-corrected chi connectivity index (χ0v) is 73.7. The van der Waals surface area contributed by atoms with E-state index in [-0.39, 0.29) is 37.2 Å². The van der Waals surface area contributed by atoms with Crippen LogP contribution in [-0.4, -0.2) is 147 Å². The first-order chi connectivity index (χ1) is 53.4. The van der Waals surface area contributed by atoms with Crippen LogP contribution in [-0.2, 0) is 89.1 Å². The predicted octanol–water partition coefficient (Wildman–Crippen LogP) is 13.7. The molecular formula is C85H100BBr2ClFN7O13S4. The van der Waals surface area contributed by atoms with Gasteiger partial charge in [0.05, 0.1) is 40.9 Å². The normalized spacial score (nSPS) is 20.5. The Morgan fingerprint density at radius 2 is 0.737 bits per heavy atom. The van der Waals surface area contributed by atoms with Crippen LogP contribution in [0.15, 0.2) is 153 Å². The Hall–Kier alpha value is -6.73. The molecule has 7 aromatic rings. The molecule has 0 atom stereocenters. The van der Waals surface area contributed by atoms with Crippen molar-refractivity contribution in [2.45, 2.75) is 155 Å². The number of aromatic nitrogens is 3. The lowest BCUT2D eigenvalue weighted by molar-refractivity contribution is 0.00578. The number of hydrogen-bond acceptors (Lipinski definition) is 17. The summed E-state index contributed by atoms with van der Waals surface area (Å²) >= 11 is 12.2. The Kier molecular flexibility index (Phi) is 22.7. The van der Waals surface area contributed by atoms with Gasteiger partial charge in [0.25, 0.3) is 16.7 Å². The molecule has 114 heavy (non-hydrogen) atoms. The second kappa shape index (κ2) is 30.9. The molecule has 0 unspecified atom stereocenters. The van der Waals surface area contributed by atoms with Gasteiger partial charge in [-0.05, 0) is 279 Å². The molecule has 12 aliphatic rings. The summed E-state index contributed by atoms with van der Waals surface area (Å²) in [5.41, 5.74) is 14.7. The van der Waals surface area contributed by atoms with Gasteiger partial charge in [0.2, 0.25) is 0 Å². The average Bonchev–Trinajstić information content (AvgIpc) is 1.53. The number of hydrogen-bond donors (Lipinski definition) is 0. The van der Waals surface area contributed by atoms with Crippen LogP contribution >= 0.6 is 43.6 Å². The summed E-state index contributed by atoms with van der Waals surface area (Å²) in [6.07, 6.45) is 40.0. The lowest BCUT2D eigenvalue weighted by Crippen LogP contribution is -2.41. The van der Waals surface area contributed by atoms with Crippen molar-refractivity contribution in [3.8, 4) is 22.3 Å². The van der Waals surface area contributed by atoms with Crippen LogP contribution in [0.4, 0.5) is 21.5 Å². The minimum absolute atomic E-state index is 0.0164. The standard InChI is InChI=1S/2C22H24N2O3S.C15H20BNO3.C13H16BrNO2S.C7H6BrFO2S.C6H10ClN/c2*1-23-13-19(16-4-3-5-17(16)21(23)25)18-12-15(28(2,26)27)6-7-20(18)24-11-10-22(14-24)8-9-22;1-14(2)15(3,4)20-16(19-14)12-9-17(5)13(18)11-8-6-7-10(11)12;1-18(16,17)10-2-3-12(11(14)8-10)15-7-6-13(9-15)4-5-13;1-12(10,11)5-2-3-7(9)6(8)4-5;7-8-4-3-6(5-8)1-2-6/h2*3-4,6-7,12-13H,5,8-11,14H2,1-2H3;6-7,9H,8H2,1-5H3;2-3,8H,4-7,9H2,1H3;2-4H,1H3;1-5H2. The molecule has 5 aliphatic heterocycles. The van der Waals surface area contributed by atoms with Crippen molar-refractivity contribution in [3.63, 3.8) is 0 Å². The van der Waals surface area contributed by atoms with Crippen molar-refractivity contribution in [3.05, 3.63) is 189 Å². The van der Waals surface area contributed by atoms with E-state index < -0.39 is 52.3 Å². The largest absolute Gasteiger partial charge is 0.496 e. The molecule has 7 aliphatic carbocycles. The monoisotopic (exact) mass is 1780 g/mol. The molecule has 0 radical (unpaired) electrons. The molecule has 0 bridgehead atoms. The van der Waals surface area contributed by atoms with Gasteiger partial charge in [0.1, 0.15) is 5.82 Å². The van der Waals surface area contributed by atoms with Gasteiger partial charge in [0, 0.05) is 177 Å². The van der Waals surface area contributed by atoms with Gasteiger partial charge in [-0.25, -0.2) is 42.5 Å². The summed E-state index contributed by atoms with van der Waals surface area (Å²) in [6.45, 7) is 16.6. The van der Waals surface area contributed by atoms with E-state index in [1.54, 1.807) is 71.2 Å². The number of sulfone groups is 4. The van der Waals surface area contributed by atoms with E-state index in [0.717, 1.165) is 147 Å². The molecule has 608 valence electrons. The van der Waals surface area contributed by atoms with Crippen LogP contribution < -0.4 is 36.8 Å². The van der Waals surface area contributed by atoms with Crippen LogP contribution in [0.5, 0.6) is 0 Å². The van der Waals surface area contributed by atoms with Crippen LogP contribution in [0.3, 0.4) is 0 Å². The number of halogens is 4. The zero-order chi connectivity index (χ0) is 82.0. The van der Waals surface area contributed by atoms with Gasteiger partial charge in [-0.1, -0.05) is 36.5 Å². The van der Waals surface area contributed by atoms with E-state index >= 15 is 0 Å². The first kappa shape index (κ1) is 83.8. The van der Waals surface area contributed by atoms with E-state index in [9.17, 15) is 52.4 Å². The van der Waals surface area contributed by atoms with Gasteiger partial charge < -0.3 is 37.7 Å². The number of allylic oxidation sites excluding steroid dienone is 3. The first-order valence-electron chi connectivity index (χ1n) is 38.9. The molecule has 9 fully saturated rings. The van der Waals surface area contributed by atoms with E-state index in [0.29, 0.717) is 55.6 Å². The molecule has 19 rings (SSSR count). The minimum atomic E-state index is -3.32. The summed E-state index contributed by atoms with van der Waals surface area (Å²) in [6, 6.07) is 19.8. The molecule has 4 spiro atoms. The number of pyridine rings is 3. The van der Waals surface area contributed by atoms with Gasteiger partial charge >= 0.3 is 7.12 Å². The highest BCUT2D eigenvalue weighted by Crippen LogP contribution is 2.57. The Morgan fingerprint density at radius 1 is 0.412 bits per heavy atom. The zero-order valence-electron chi connectivity index (χ0n) is 66.5. The molecular weight excluding hydrogens is 1680 g/mol. The maximum atomic E-state index is 12.6. The highest BCUT2D eigenvalue weighted by Gasteiger charge is 2.54. The number of fused-ring (bicyclic) bond motifs is 3. The van der Waals surface area contributed by atoms with Crippen molar-refractivity contribution in [1.82, 2.24) is 18.1 Å². The van der Waals surface area contributed by atoms with Crippen LogP contribution in [0.25, 0.3) is 40.5 Å². The molecule has 8 heterocycles. The number of nitrogens with zero attached hydrogens (tertiary/aromatic N) is 7. The number of rotatable bonds is 10. The molecule has 0 N–H and O–H groups in total. The number of benzene rings is 4. The smallest absolute Gasteiger partial charge is 0.399 e. The summed E-state index contributed by atoms with van der Waals surface area (Å²) in [5.74, 6) is -0.470. The summed E-state index contributed by atoms with van der Waals surface area (Å²) in [4.78, 5) is 45.4. The second-order valence-corrected chi connectivity index (χ2v) is 45.0. The van der Waals surface area contributed by atoms with Crippen LogP contribution in [0.2, 0.25) is 0 Å². The fourth-order valence-electron chi connectivity index (χ4n) is 16.9. The fraction of sp³-hybridized carbons (Fsp3) is 0.471. The number of anilines is 3. The minimum Gasteiger partial charge on any atom is -0.399 e. The van der Waals surface area contributed by atoms with Gasteiger partial charge in [0.15, 0.2) is 39.3 Å². The SMILES string of the molecule is CS(=O)(=O)c1ccc(F)c(Br)c1.CS(=O)(=O)c1ccc(N2CCC3(CC3)C2)c(Br)c1.ClN1CCC2(CC2)C1.Cn1cc(-c2cc(S(C)(=O)=O)ccc2N2CCC3(CC3)C2)c2c(c1=O)CC=C2.Cn1cc(-c2cc(S(C)(=O)=O)ccc2N2CCC3(CC3)C2)c2c(c1=O)CC=C2.Cn1cc(B2OC(C)(C)C(C)(C)O2)c2c(c1=O)CC=C2. The van der Waals surface area contributed by atoms with Gasteiger partial charge in [-0.3, -0.25) is 14.4 Å². The highest BCUT2D eigenvalue weighted by molar-refractivity contribution is 9.11. The predicted molar refractivity (Wildman–Crippen MR) is 460 cm³/mol. The molecule has 0 amide bonds. The van der Waals surface area contributed by atoms with Crippen LogP contribution in [0, 0.1) is 27.5 Å². The van der Waals surface area contributed by atoms with Crippen molar-refractivity contribution in [2.24, 2.45) is 42.8 Å². The van der Waals surface area contributed by atoms with Gasteiger partial charge in [-0.2, -0.15) is 0 Å². The summed E-state index contributed by atoms with van der Waals surface area (Å²) in [5, 5.41) is 0. The summed E-state index contributed by atoms with van der Waals surface area (Å²) in [7, 11) is -8.13. The Morgan fingerprint density at radius 3 is 1.08 bits per heavy atom. The van der Waals surface area contributed by atoms with Crippen molar-refractivity contribution >= 4 is 131 Å². The van der Waals surface area contributed by atoms with E-state index in [1.807, 2.05) is 105 Å². The summed E-state index contributed by atoms with van der Waals surface area (Å²) < 4.78 is 126. The van der Waals surface area contributed by atoms with Crippen molar-refractivity contribution in [2.75, 3.05) is 92.1 Å². The average molecular weight is 1780 g/mol. The van der Waals surface area contributed by atoms with Gasteiger partial charge in [-0.15, -0.1) is 0 Å². The molecule has 29 heteroatoms. The Labute approximate surface area is 691 Å². The van der Waals surface area contributed by atoms with Crippen molar-refractivity contribution in [1.29, 1.82) is 0 Å². The third-order valence-electron chi connectivity index (χ3n) is 25.5. The van der Waals surface area contributed by atoms with Crippen LogP contribution in [0.1, 0.15) is 138 Å². The highest BCUT2D eigenvalue weighted by atomic mass is 79.9. The quantitative estimate of drug-likeness (QED) is 0.0703.